The maximum atomic E-state index is 12.2. The summed E-state index contributed by atoms with van der Waals surface area (Å²) in [7, 11) is 0. The number of nitrogens with zero attached hydrogens (tertiary/aromatic N) is 1. The van der Waals surface area contributed by atoms with E-state index in [1.807, 2.05) is 6.92 Å². The quantitative estimate of drug-likeness (QED) is 0.772. The van der Waals surface area contributed by atoms with Crippen molar-refractivity contribution in [2.24, 2.45) is 5.73 Å². The molecule has 4 N–H and O–H groups in total. The van der Waals surface area contributed by atoms with Crippen molar-refractivity contribution in [3.8, 4) is 5.75 Å². The number of carbonyl (C=O) groups is 1. The summed E-state index contributed by atoms with van der Waals surface area (Å²) in [5.74, 6) is 0.550. The van der Waals surface area contributed by atoms with Gasteiger partial charge in [-0.15, -0.1) is 0 Å². The number of hydrogen-bond donors (Lipinski definition) is 3. The number of rotatable bonds is 5. The molecule has 0 saturated carbocycles. The van der Waals surface area contributed by atoms with Crippen molar-refractivity contribution in [1.82, 2.24) is 10.2 Å². The average Bonchev–Trinajstić information content (AvgIpc) is 2.77. The van der Waals surface area contributed by atoms with E-state index >= 15 is 0 Å². The van der Waals surface area contributed by atoms with Crippen molar-refractivity contribution < 1.29 is 9.53 Å². The predicted molar refractivity (Wildman–Crippen MR) is 77.0 cm³/mol. The standard InChI is InChI=1S/C14H18N4O2/c1-9-13(10(2)18-17-9)14(19)16-11-3-5-12(6-4-11)20-8-7-15/h3-6H,7-8,15H2,1-2H3,(H,16,19)(H,17,18). The molecule has 0 aliphatic rings. The summed E-state index contributed by atoms with van der Waals surface area (Å²) >= 11 is 0. The Hall–Kier alpha value is -2.34. The molecule has 1 heterocycles. The van der Waals surface area contributed by atoms with Crippen LogP contribution < -0.4 is 15.8 Å². The molecule has 0 bridgehead atoms. The highest BCUT2D eigenvalue weighted by molar-refractivity contribution is 6.05. The number of aromatic nitrogens is 2. The number of H-pyrrole nitrogens is 1. The molecule has 0 fully saturated rings. The lowest BCUT2D eigenvalue weighted by molar-refractivity contribution is 0.102. The van der Waals surface area contributed by atoms with Crippen molar-refractivity contribution in [1.29, 1.82) is 0 Å². The van der Waals surface area contributed by atoms with E-state index < -0.39 is 0 Å². The summed E-state index contributed by atoms with van der Waals surface area (Å²) in [6.07, 6.45) is 0. The summed E-state index contributed by atoms with van der Waals surface area (Å²) in [6, 6.07) is 7.16. The van der Waals surface area contributed by atoms with Gasteiger partial charge in [0.2, 0.25) is 0 Å². The van der Waals surface area contributed by atoms with Gasteiger partial charge in [0.25, 0.3) is 5.91 Å². The molecule has 6 nitrogen and oxygen atoms in total. The van der Waals surface area contributed by atoms with Crippen LogP contribution in [0, 0.1) is 13.8 Å². The second kappa shape index (κ2) is 6.21. The molecule has 0 unspecified atom stereocenters. The largest absolute Gasteiger partial charge is 0.492 e. The number of hydrogen-bond acceptors (Lipinski definition) is 4. The van der Waals surface area contributed by atoms with Gasteiger partial charge in [-0.1, -0.05) is 0 Å². The molecule has 0 aliphatic carbocycles. The molecule has 2 aromatic rings. The summed E-state index contributed by atoms with van der Waals surface area (Å²) in [5.41, 5.74) is 8.08. The van der Waals surface area contributed by atoms with Gasteiger partial charge in [0.05, 0.1) is 11.3 Å². The fraction of sp³-hybridized carbons (Fsp3) is 0.286. The van der Waals surface area contributed by atoms with Gasteiger partial charge >= 0.3 is 0 Å². The minimum Gasteiger partial charge on any atom is -0.492 e. The van der Waals surface area contributed by atoms with Crippen molar-refractivity contribution in [3.63, 3.8) is 0 Å². The summed E-state index contributed by atoms with van der Waals surface area (Å²) in [6.45, 7) is 4.55. The molecule has 2 rings (SSSR count). The van der Waals surface area contributed by atoms with Crippen LogP contribution in [0.25, 0.3) is 0 Å². The van der Waals surface area contributed by atoms with Gasteiger partial charge in [-0.2, -0.15) is 5.10 Å². The van der Waals surface area contributed by atoms with Crippen LogP contribution in [-0.4, -0.2) is 29.3 Å². The Morgan fingerprint density at radius 2 is 2.05 bits per heavy atom. The number of anilines is 1. The van der Waals surface area contributed by atoms with Gasteiger partial charge in [-0.25, -0.2) is 0 Å². The second-order valence-corrected chi connectivity index (χ2v) is 4.42. The van der Waals surface area contributed by atoms with Crippen molar-refractivity contribution >= 4 is 11.6 Å². The van der Waals surface area contributed by atoms with Crippen LogP contribution in [0.15, 0.2) is 24.3 Å². The fourth-order valence-corrected chi connectivity index (χ4v) is 1.89. The van der Waals surface area contributed by atoms with Crippen molar-refractivity contribution in [3.05, 3.63) is 41.2 Å². The molecule has 1 aromatic heterocycles. The topological polar surface area (TPSA) is 93.0 Å². The lowest BCUT2D eigenvalue weighted by Gasteiger charge is -2.07. The summed E-state index contributed by atoms with van der Waals surface area (Å²) in [4.78, 5) is 12.2. The molecular weight excluding hydrogens is 256 g/mol. The minimum absolute atomic E-state index is 0.177. The highest BCUT2D eigenvalue weighted by atomic mass is 16.5. The zero-order valence-electron chi connectivity index (χ0n) is 11.6. The van der Waals surface area contributed by atoms with E-state index in [4.69, 9.17) is 10.5 Å². The normalized spacial score (nSPS) is 10.3. The molecule has 0 saturated heterocycles. The number of aryl methyl sites for hydroxylation is 2. The Bertz CT molecular complexity index is 570. The fourth-order valence-electron chi connectivity index (χ4n) is 1.89. The zero-order chi connectivity index (χ0) is 14.5. The molecule has 0 aliphatic heterocycles. The van der Waals surface area contributed by atoms with Gasteiger partial charge in [0.1, 0.15) is 12.4 Å². The second-order valence-electron chi connectivity index (χ2n) is 4.42. The lowest BCUT2D eigenvalue weighted by atomic mass is 10.2. The third kappa shape index (κ3) is 3.16. The van der Waals surface area contributed by atoms with Gasteiger partial charge in [0.15, 0.2) is 0 Å². The first-order valence-corrected chi connectivity index (χ1v) is 6.37. The van der Waals surface area contributed by atoms with Crippen LogP contribution in [0.4, 0.5) is 5.69 Å². The molecule has 0 spiro atoms. The zero-order valence-corrected chi connectivity index (χ0v) is 11.6. The Morgan fingerprint density at radius 3 is 2.60 bits per heavy atom. The highest BCUT2D eigenvalue weighted by Crippen LogP contribution is 2.17. The SMILES string of the molecule is Cc1n[nH]c(C)c1C(=O)Nc1ccc(OCCN)cc1. The van der Waals surface area contributed by atoms with E-state index in [1.54, 1.807) is 31.2 Å². The van der Waals surface area contributed by atoms with Gasteiger partial charge < -0.3 is 15.8 Å². The van der Waals surface area contributed by atoms with Gasteiger partial charge in [-0.3, -0.25) is 9.89 Å². The van der Waals surface area contributed by atoms with Gasteiger partial charge in [0, 0.05) is 17.9 Å². The average molecular weight is 274 g/mol. The van der Waals surface area contributed by atoms with Crippen LogP contribution in [0.3, 0.4) is 0 Å². The molecule has 1 aromatic carbocycles. The molecule has 6 heteroatoms. The molecule has 106 valence electrons. The molecule has 1 amide bonds. The van der Waals surface area contributed by atoms with Crippen molar-refractivity contribution in [2.45, 2.75) is 13.8 Å². The first-order valence-electron chi connectivity index (χ1n) is 6.37. The number of amides is 1. The third-order valence-corrected chi connectivity index (χ3v) is 2.85. The predicted octanol–water partition coefficient (Wildman–Crippen LogP) is 1.62. The molecule has 20 heavy (non-hydrogen) atoms. The Labute approximate surface area is 117 Å². The van der Waals surface area contributed by atoms with E-state index in [2.05, 4.69) is 15.5 Å². The minimum atomic E-state index is -0.177. The van der Waals surface area contributed by atoms with E-state index in [1.165, 1.54) is 0 Å². The number of benzene rings is 1. The number of nitrogens with two attached hydrogens (primary N) is 1. The van der Waals surface area contributed by atoms with Crippen LogP contribution >= 0.6 is 0 Å². The number of nitrogens with one attached hydrogen (secondary N) is 2. The van der Waals surface area contributed by atoms with Crippen molar-refractivity contribution in [2.75, 3.05) is 18.5 Å². The number of ether oxygens (including phenoxy) is 1. The first kappa shape index (κ1) is 14.1. The van der Waals surface area contributed by atoms with Crippen LogP contribution in [0.2, 0.25) is 0 Å². The highest BCUT2D eigenvalue weighted by Gasteiger charge is 2.15. The van der Waals surface area contributed by atoms with Crippen LogP contribution in [0.5, 0.6) is 5.75 Å². The monoisotopic (exact) mass is 274 g/mol. The molecule has 0 radical (unpaired) electrons. The summed E-state index contributed by atoms with van der Waals surface area (Å²) in [5, 5.41) is 9.63. The number of aromatic amines is 1. The maximum absolute atomic E-state index is 12.2. The summed E-state index contributed by atoms with van der Waals surface area (Å²) < 4.78 is 5.37. The smallest absolute Gasteiger partial charge is 0.259 e. The van der Waals surface area contributed by atoms with E-state index in [-0.39, 0.29) is 5.91 Å². The molecular formula is C14H18N4O2. The lowest BCUT2D eigenvalue weighted by Crippen LogP contribution is -2.14. The van der Waals surface area contributed by atoms with Crippen LogP contribution in [0.1, 0.15) is 21.7 Å². The van der Waals surface area contributed by atoms with E-state index in [0.29, 0.717) is 30.1 Å². The Balaban J connectivity index is 2.05. The maximum Gasteiger partial charge on any atom is 0.259 e. The third-order valence-electron chi connectivity index (χ3n) is 2.85. The number of carbonyl (C=O) groups excluding carboxylic acids is 1. The van der Waals surface area contributed by atoms with E-state index in [0.717, 1.165) is 11.4 Å². The Kier molecular flexibility index (Phi) is 4.37. The first-order chi connectivity index (χ1) is 9.61. The van der Waals surface area contributed by atoms with Crippen LogP contribution in [-0.2, 0) is 0 Å². The molecule has 0 atom stereocenters. The van der Waals surface area contributed by atoms with Gasteiger partial charge in [-0.05, 0) is 38.1 Å². The Morgan fingerprint density at radius 1 is 1.35 bits per heavy atom. The van der Waals surface area contributed by atoms with E-state index in [9.17, 15) is 4.79 Å².